The molecule has 0 aliphatic rings. The number of benzene rings is 1. The fourth-order valence-electron chi connectivity index (χ4n) is 3.88. The van der Waals surface area contributed by atoms with Gasteiger partial charge in [0.1, 0.15) is 18.3 Å². The number of halogens is 4. The van der Waals surface area contributed by atoms with Crippen LogP contribution in [0, 0.1) is 11.3 Å². The highest BCUT2D eigenvalue weighted by Gasteiger charge is 2.29. The van der Waals surface area contributed by atoms with Crippen molar-refractivity contribution in [1.29, 1.82) is 5.26 Å². The van der Waals surface area contributed by atoms with Crippen molar-refractivity contribution < 1.29 is 51.5 Å². The number of imidazole rings is 1. The van der Waals surface area contributed by atoms with E-state index in [1.165, 1.54) is 0 Å². The van der Waals surface area contributed by atoms with Crippen molar-refractivity contribution in [2.75, 3.05) is 24.2 Å². The smallest absolute Gasteiger partial charge is 0.430 e. The summed E-state index contributed by atoms with van der Waals surface area (Å²) in [6.07, 6.45) is -4.26. The van der Waals surface area contributed by atoms with Gasteiger partial charge in [-0.1, -0.05) is 11.6 Å². The number of rotatable bonds is 12. The maximum atomic E-state index is 12.8. The summed E-state index contributed by atoms with van der Waals surface area (Å²) in [6.45, 7) is 3.35. The number of fused-ring (bicyclic) bond motifs is 1. The molecule has 0 saturated heterocycles. The van der Waals surface area contributed by atoms with Crippen LogP contribution in [0.25, 0.3) is 11.0 Å². The number of aryl methyl sites for hydroxylation is 2. The quantitative estimate of drug-likeness (QED) is 0.104. The largest absolute Gasteiger partial charge is 0.542 e. The van der Waals surface area contributed by atoms with Gasteiger partial charge in [0.15, 0.2) is 33.5 Å². The molecule has 240 valence electrons. The van der Waals surface area contributed by atoms with E-state index < -0.39 is 25.6 Å². The molecule has 1 aromatic carbocycles. The van der Waals surface area contributed by atoms with E-state index in [9.17, 15) is 22.5 Å². The van der Waals surface area contributed by atoms with Gasteiger partial charge < -0.3 is 41.2 Å². The molecule has 44 heavy (non-hydrogen) atoms. The molecule has 2 heterocycles. The van der Waals surface area contributed by atoms with E-state index in [0.29, 0.717) is 31.7 Å². The number of unbranched alkanes of at least 4 members (excludes halogenated alkanes) is 1. The summed E-state index contributed by atoms with van der Waals surface area (Å²) in [7, 11) is -4.08. The zero-order chi connectivity index (χ0) is 33.2. The van der Waals surface area contributed by atoms with Crippen molar-refractivity contribution in [1.82, 2.24) is 19.9 Å². The van der Waals surface area contributed by atoms with Gasteiger partial charge in [-0.2, -0.15) is 18.4 Å². The predicted molar refractivity (Wildman–Crippen MR) is 148 cm³/mol. The number of carboxylic acid groups (broad SMARTS) is 1. The number of hydrogen-bond acceptors (Lipinski definition) is 10. The third-order valence-electron chi connectivity index (χ3n) is 5.76. The van der Waals surface area contributed by atoms with Crippen LogP contribution in [0.5, 0.6) is 5.75 Å². The summed E-state index contributed by atoms with van der Waals surface area (Å²) in [4.78, 5) is 47.4. The van der Waals surface area contributed by atoms with Gasteiger partial charge in [0.2, 0.25) is 0 Å². The van der Waals surface area contributed by atoms with Gasteiger partial charge in [-0.05, 0) is 31.9 Å². The standard InChI is InChI=1S/C22H28ClN8O5P.C2HF3O2/c1-2-30-16-12-14(36-10-5-11-37(33,34)35)6-7-15(16)31(9-4-3-8-24)17(30)13-27-22(32)18-20(25)29-21(26)19(23)28-18;3-2(4,5)1(6)7/h6-7,12H,2-5,9-11,13H2,1H3,(H6-,25,26,27,29,32,33,34,35);(H,6,7). The molecule has 3 aromatic rings. The van der Waals surface area contributed by atoms with Crippen LogP contribution in [0.1, 0.15) is 42.5 Å². The third kappa shape index (κ3) is 10.2. The fourth-order valence-corrected chi connectivity index (χ4v) is 4.55. The van der Waals surface area contributed by atoms with Gasteiger partial charge in [0.25, 0.3) is 11.7 Å². The van der Waals surface area contributed by atoms with E-state index in [0.717, 1.165) is 16.9 Å². The Bertz CT molecular complexity index is 1590. The van der Waals surface area contributed by atoms with Crippen molar-refractivity contribution in [3.8, 4) is 11.8 Å². The predicted octanol–water partition coefficient (Wildman–Crippen LogP) is 1.04. The Balaban J connectivity index is 0.000000860. The second-order valence-corrected chi connectivity index (χ2v) is 11.1. The Hall–Kier alpha value is -4.17. The van der Waals surface area contributed by atoms with Crippen LogP contribution in [-0.2, 0) is 29.0 Å². The normalized spacial score (nSPS) is 11.4. The molecule has 0 radical (unpaired) electrons. The molecule has 15 nitrogen and oxygen atoms in total. The minimum atomic E-state index is -5.19. The molecule has 0 aliphatic heterocycles. The van der Waals surface area contributed by atoms with E-state index >= 15 is 0 Å². The Morgan fingerprint density at radius 1 is 1.25 bits per heavy atom. The second kappa shape index (κ2) is 15.5. The van der Waals surface area contributed by atoms with Crippen molar-refractivity contribution in [2.24, 2.45) is 0 Å². The Morgan fingerprint density at radius 2 is 1.91 bits per heavy atom. The number of nitrogen functional groups attached to an aromatic ring is 2. The minimum absolute atomic E-state index is 0.0723. The molecule has 3 rings (SSSR count). The van der Waals surface area contributed by atoms with Crippen LogP contribution in [0.15, 0.2) is 18.2 Å². The highest BCUT2D eigenvalue weighted by Crippen LogP contribution is 2.34. The fraction of sp³-hybridized carbons (Fsp3) is 0.417. The second-order valence-electron chi connectivity index (χ2n) is 8.92. The summed E-state index contributed by atoms with van der Waals surface area (Å²) in [5, 5.41) is 20.5. The number of carbonyl (C=O) groups is 2. The molecule has 0 spiro atoms. The number of nitrogens with one attached hydrogen (secondary N) is 1. The van der Waals surface area contributed by atoms with E-state index in [4.69, 9.17) is 52.8 Å². The minimum Gasteiger partial charge on any atom is -0.542 e. The van der Waals surface area contributed by atoms with E-state index in [1.54, 1.807) is 6.07 Å². The Kier molecular flexibility index (Phi) is 12.7. The average molecular weight is 665 g/mol. The maximum Gasteiger partial charge on any atom is 0.430 e. The molecule has 0 unspecified atom stereocenters. The van der Waals surface area contributed by atoms with Gasteiger partial charge in [-0.25, -0.2) is 19.1 Å². The monoisotopic (exact) mass is 664 g/mol. The van der Waals surface area contributed by atoms with Gasteiger partial charge in [-0.15, -0.1) is 0 Å². The first kappa shape index (κ1) is 36.0. The molecule has 0 aliphatic carbocycles. The summed E-state index contributed by atoms with van der Waals surface area (Å²) in [5.41, 5.74) is 13.0. The van der Waals surface area contributed by atoms with Gasteiger partial charge in [0, 0.05) is 12.5 Å². The van der Waals surface area contributed by atoms with Crippen LogP contribution in [0.2, 0.25) is 5.15 Å². The van der Waals surface area contributed by atoms with Crippen molar-refractivity contribution in [2.45, 2.75) is 52.0 Å². The summed E-state index contributed by atoms with van der Waals surface area (Å²) < 4.78 is 52.4. The molecular weight excluding hydrogens is 636 g/mol. The number of amides is 1. The van der Waals surface area contributed by atoms with Crippen molar-refractivity contribution in [3.05, 3.63) is 34.9 Å². The number of nitrogens with zero attached hydrogens (tertiary/aromatic N) is 5. The number of nitriles is 1. The number of alkyl halides is 3. The van der Waals surface area contributed by atoms with Crippen LogP contribution in [0.3, 0.4) is 0 Å². The number of carbonyl (C=O) groups excluding carboxylic acids is 2. The van der Waals surface area contributed by atoms with Gasteiger partial charge >= 0.3 is 13.8 Å². The lowest BCUT2D eigenvalue weighted by molar-refractivity contribution is -0.680. The van der Waals surface area contributed by atoms with Crippen molar-refractivity contribution in [3.63, 3.8) is 0 Å². The number of anilines is 2. The number of aromatic nitrogens is 4. The molecular formula is C24H29ClF3N8O7P. The summed E-state index contributed by atoms with van der Waals surface area (Å²) >= 11 is 5.91. The lowest BCUT2D eigenvalue weighted by Gasteiger charge is -2.08. The summed E-state index contributed by atoms with van der Waals surface area (Å²) in [5.74, 6) is -2.47. The van der Waals surface area contributed by atoms with Crippen LogP contribution in [-0.4, -0.2) is 55.1 Å². The van der Waals surface area contributed by atoms with Crippen LogP contribution in [0.4, 0.5) is 24.8 Å². The third-order valence-corrected chi connectivity index (χ3v) is 6.94. The summed E-state index contributed by atoms with van der Waals surface area (Å²) in [6, 6.07) is 7.63. The molecule has 0 fully saturated rings. The number of carboxylic acids is 1. The van der Waals surface area contributed by atoms with E-state index in [2.05, 4.69) is 21.4 Å². The number of hydrogen-bond donors (Lipinski definition) is 5. The number of ether oxygens (including phenoxy) is 1. The Morgan fingerprint density at radius 3 is 2.48 bits per heavy atom. The lowest BCUT2D eigenvalue weighted by Crippen LogP contribution is -2.41. The zero-order valence-electron chi connectivity index (χ0n) is 23.2. The van der Waals surface area contributed by atoms with E-state index in [1.807, 2.05) is 28.2 Å². The molecule has 0 saturated carbocycles. The zero-order valence-corrected chi connectivity index (χ0v) is 24.8. The molecule has 2 aromatic heterocycles. The molecule has 0 atom stereocenters. The molecule has 1 amide bonds. The molecule has 7 N–H and O–H groups in total. The lowest BCUT2D eigenvalue weighted by atomic mass is 10.2. The highest BCUT2D eigenvalue weighted by atomic mass is 35.5. The van der Waals surface area contributed by atoms with E-state index in [-0.39, 0.29) is 48.2 Å². The highest BCUT2D eigenvalue weighted by molar-refractivity contribution is 7.51. The molecule has 0 bridgehead atoms. The molecule has 20 heteroatoms. The average Bonchev–Trinajstić information content (AvgIpc) is 3.22. The first-order valence-electron chi connectivity index (χ1n) is 12.7. The topological polar surface area (TPSA) is 246 Å². The van der Waals surface area contributed by atoms with Crippen LogP contribution < -0.4 is 31.2 Å². The SMILES string of the molecule is CCn1c(CNC(=O)c2nc(Cl)c(N)nc2N)[n+](CCCC#N)c2ccc(OCCCP(=O)(O)O)cc21.O=C([O-])C(F)(F)F. The maximum absolute atomic E-state index is 12.8. The number of nitrogens with two attached hydrogens (primary N) is 2. The van der Waals surface area contributed by atoms with Crippen molar-refractivity contribution >= 4 is 53.7 Å². The van der Waals surface area contributed by atoms with Gasteiger partial charge in [0.05, 0.1) is 31.9 Å². The first-order valence-corrected chi connectivity index (χ1v) is 14.9. The first-order chi connectivity index (χ1) is 20.5. The van der Waals surface area contributed by atoms with Gasteiger partial charge in [-0.3, -0.25) is 9.36 Å². The number of aliphatic carboxylic acids is 1. The Labute approximate surface area is 253 Å². The van der Waals surface area contributed by atoms with Crippen LogP contribution >= 0.6 is 19.2 Å².